The maximum Gasteiger partial charge on any atom is 0.262 e. The summed E-state index contributed by atoms with van der Waals surface area (Å²) in [6.45, 7) is -0.512. The summed E-state index contributed by atoms with van der Waals surface area (Å²) in [5.74, 6) is -1.72. The van der Waals surface area contributed by atoms with Gasteiger partial charge in [0.05, 0.1) is 12.3 Å². The number of hydrogen-bond acceptors (Lipinski definition) is 4. The van der Waals surface area contributed by atoms with Gasteiger partial charge in [-0.25, -0.2) is 4.39 Å². The van der Waals surface area contributed by atoms with Gasteiger partial charge >= 0.3 is 0 Å². The Morgan fingerprint density at radius 2 is 2.00 bits per heavy atom. The number of aromatic nitrogens is 1. The Morgan fingerprint density at radius 3 is 2.67 bits per heavy atom. The fourth-order valence-electron chi connectivity index (χ4n) is 3.58. The Morgan fingerprint density at radius 1 is 1.23 bits per heavy atom. The topological polar surface area (TPSA) is 91.3 Å². The van der Waals surface area contributed by atoms with E-state index in [-0.39, 0.29) is 36.5 Å². The average Bonchev–Trinajstić information content (AvgIpc) is 2.75. The molecule has 0 aliphatic heterocycles. The molecule has 1 aliphatic carbocycles. The van der Waals surface area contributed by atoms with E-state index in [2.05, 4.69) is 15.6 Å². The number of nitrogens with zero attached hydrogens (tertiary/aromatic N) is 1. The second-order valence-electron chi connectivity index (χ2n) is 7.04. The van der Waals surface area contributed by atoms with E-state index in [0.717, 1.165) is 0 Å². The molecule has 2 aromatic rings. The van der Waals surface area contributed by atoms with Gasteiger partial charge in [-0.2, -0.15) is 0 Å². The molecule has 1 aliphatic rings. The minimum Gasteiger partial charge on any atom is -0.394 e. The van der Waals surface area contributed by atoms with E-state index < -0.39 is 29.6 Å². The third-order valence-electron chi connectivity index (χ3n) is 5.17. The van der Waals surface area contributed by atoms with Crippen molar-refractivity contribution in [1.29, 1.82) is 0 Å². The second kappa shape index (κ2) is 9.06. The van der Waals surface area contributed by atoms with E-state index in [1.54, 1.807) is 12.1 Å². The van der Waals surface area contributed by atoms with Crippen molar-refractivity contribution in [3.05, 3.63) is 63.4 Å². The number of fused-ring (bicyclic) bond motifs is 1. The van der Waals surface area contributed by atoms with Crippen LogP contribution in [0.25, 0.3) is 0 Å². The molecule has 1 aromatic heterocycles. The Labute approximate surface area is 187 Å². The molecule has 0 fully saturated rings. The number of hydrogen-bond donors (Lipinski definition) is 3. The third-order valence-corrected chi connectivity index (χ3v) is 6.00. The van der Waals surface area contributed by atoms with Crippen LogP contribution in [0.4, 0.5) is 4.39 Å². The fraction of sp³-hybridized carbons (Fsp3) is 0.350. The van der Waals surface area contributed by atoms with Crippen molar-refractivity contribution in [2.45, 2.75) is 30.6 Å². The highest BCUT2D eigenvalue weighted by Gasteiger charge is 2.52. The summed E-state index contributed by atoms with van der Waals surface area (Å²) in [6.07, 6.45) is 1.10. The van der Waals surface area contributed by atoms with E-state index in [1.165, 1.54) is 24.4 Å². The molecule has 0 unspecified atom stereocenters. The molecule has 0 saturated carbocycles. The van der Waals surface area contributed by atoms with Crippen molar-refractivity contribution in [1.82, 2.24) is 15.6 Å². The first-order valence-electron chi connectivity index (χ1n) is 9.11. The van der Waals surface area contributed by atoms with Gasteiger partial charge in [0.25, 0.3) is 5.91 Å². The smallest absolute Gasteiger partial charge is 0.262 e. The third kappa shape index (κ3) is 4.25. The lowest BCUT2D eigenvalue weighted by atomic mass is 9.72. The van der Waals surface area contributed by atoms with Crippen LogP contribution in [0.1, 0.15) is 29.7 Å². The number of alkyl halides is 2. The number of rotatable bonds is 6. The number of carbonyl (C=O) groups excluding carboxylic acids is 2. The van der Waals surface area contributed by atoms with Crippen molar-refractivity contribution in [3.8, 4) is 0 Å². The summed E-state index contributed by atoms with van der Waals surface area (Å²) in [6, 6.07) is 7.71. The van der Waals surface area contributed by atoms with Gasteiger partial charge in [0.2, 0.25) is 11.6 Å². The number of nitrogens with one attached hydrogen (secondary N) is 2. The molecule has 1 aromatic carbocycles. The Hall–Kier alpha value is -1.93. The zero-order valence-electron chi connectivity index (χ0n) is 15.7. The highest BCUT2D eigenvalue weighted by atomic mass is 35.5. The van der Waals surface area contributed by atoms with Crippen LogP contribution in [-0.2, 0) is 27.3 Å². The Balaban J connectivity index is 1.89. The number of carbonyl (C=O) groups is 2. The largest absolute Gasteiger partial charge is 0.394 e. The minimum atomic E-state index is -2.40. The molecular weight excluding hydrogens is 456 g/mol. The number of aliphatic hydroxyl groups excluding tert-OH is 1. The minimum absolute atomic E-state index is 0.00419. The Kier molecular flexibility index (Phi) is 6.87. The van der Waals surface area contributed by atoms with Gasteiger partial charge in [-0.1, -0.05) is 35.3 Å². The molecule has 3 rings (SSSR count). The van der Waals surface area contributed by atoms with Crippen LogP contribution in [0, 0.1) is 0 Å². The molecule has 0 radical (unpaired) electrons. The van der Waals surface area contributed by atoms with Crippen molar-refractivity contribution in [3.63, 3.8) is 0 Å². The van der Waals surface area contributed by atoms with Crippen LogP contribution in [0.2, 0.25) is 10.0 Å². The Bertz CT molecular complexity index is 977. The molecule has 0 bridgehead atoms. The molecule has 160 valence electrons. The molecule has 2 atom stereocenters. The van der Waals surface area contributed by atoms with Gasteiger partial charge in [-0.15, -0.1) is 11.6 Å². The maximum absolute atomic E-state index is 16.0. The van der Waals surface area contributed by atoms with Gasteiger partial charge in [-0.3, -0.25) is 14.6 Å². The molecule has 0 saturated heterocycles. The van der Waals surface area contributed by atoms with E-state index in [9.17, 15) is 14.7 Å². The second-order valence-corrected chi connectivity index (χ2v) is 8.15. The fourth-order valence-corrected chi connectivity index (χ4v) is 4.12. The van der Waals surface area contributed by atoms with Gasteiger partial charge in [0.15, 0.2) is 0 Å². The average molecular weight is 475 g/mol. The normalized spacial score (nSPS) is 22.8. The number of pyridine rings is 1. The van der Waals surface area contributed by atoms with Gasteiger partial charge in [0, 0.05) is 28.4 Å². The highest BCUT2D eigenvalue weighted by Crippen LogP contribution is 2.45. The van der Waals surface area contributed by atoms with E-state index in [4.69, 9.17) is 34.8 Å². The van der Waals surface area contributed by atoms with Crippen molar-refractivity contribution >= 4 is 46.6 Å². The van der Waals surface area contributed by atoms with Gasteiger partial charge in [0.1, 0.15) is 11.4 Å². The standard InChI is InChI=1S/C20H19Cl3FN3O3/c21-9-16(29)27-19(11-28)5-6-20(24,14-2-1-7-25-17(14)19)18(30)26-10-12-3-4-13(22)8-15(12)23/h1-4,7-8,28H,5-6,9-11H2,(H,26,30)(H,27,29)/t19-,20-/m0/s1. The van der Waals surface area contributed by atoms with E-state index >= 15 is 4.39 Å². The van der Waals surface area contributed by atoms with Crippen LogP contribution in [0.5, 0.6) is 0 Å². The summed E-state index contributed by atoms with van der Waals surface area (Å²) in [5.41, 5.74) is -3.05. The molecule has 1 heterocycles. The lowest BCUT2D eigenvalue weighted by molar-refractivity contribution is -0.136. The van der Waals surface area contributed by atoms with Gasteiger partial charge < -0.3 is 15.7 Å². The van der Waals surface area contributed by atoms with Crippen LogP contribution in [0.15, 0.2) is 36.5 Å². The summed E-state index contributed by atoms with van der Waals surface area (Å²) in [5, 5.41) is 16.0. The first kappa shape index (κ1) is 22.7. The van der Waals surface area contributed by atoms with Crippen LogP contribution >= 0.6 is 34.8 Å². The van der Waals surface area contributed by atoms with Crippen LogP contribution in [0.3, 0.4) is 0 Å². The lowest BCUT2D eigenvalue weighted by Gasteiger charge is -2.42. The summed E-state index contributed by atoms with van der Waals surface area (Å²) in [4.78, 5) is 28.9. The first-order valence-corrected chi connectivity index (χ1v) is 10.4. The van der Waals surface area contributed by atoms with Gasteiger partial charge in [-0.05, 0) is 36.6 Å². The molecule has 10 heteroatoms. The predicted octanol–water partition coefficient (Wildman–Crippen LogP) is 3.21. The molecule has 6 nitrogen and oxygen atoms in total. The van der Waals surface area contributed by atoms with E-state index in [1.807, 2.05) is 0 Å². The van der Waals surface area contributed by atoms with Crippen LogP contribution in [-0.4, -0.2) is 34.4 Å². The lowest BCUT2D eigenvalue weighted by Crippen LogP contribution is -2.56. The predicted molar refractivity (Wildman–Crippen MR) is 112 cm³/mol. The number of halogens is 4. The molecule has 2 amide bonds. The van der Waals surface area contributed by atoms with Crippen molar-refractivity contribution < 1.29 is 19.1 Å². The first-order chi connectivity index (χ1) is 14.3. The number of amides is 2. The van der Waals surface area contributed by atoms with Crippen molar-refractivity contribution in [2.75, 3.05) is 12.5 Å². The SMILES string of the molecule is O=C(CCl)N[C@]1(CO)CC[C@@](F)(C(=O)NCc2ccc(Cl)cc2Cl)c2cccnc21. The summed E-state index contributed by atoms with van der Waals surface area (Å²) >= 11 is 17.6. The number of benzene rings is 1. The quantitative estimate of drug-likeness (QED) is 0.561. The monoisotopic (exact) mass is 473 g/mol. The molecule has 30 heavy (non-hydrogen) atoms. The van der Waals surface area contributed by atoms with Crippen LogP contribution < -0.4 is 10.6 Å². The zero-order chi connectivity index (χ0) is 21.9. The molecule has 0 spiro atoms. The zero-order valence-corrected chi connectivity index (χ0v) is 18.0. The summed E-state index contributed by atoms with van der Waals surface area (Å²) < 4.78 is 16.0. The highest BCUT2D eigenvalue weighted by molar-refractivity contribution is 6.35. The molecule has 3 N–H and O–H groups in total. The number of aliphatic hydroxyl groups is 1. The molecular formula is C20H19Cl3FN3O3. The maximum atomic E-state index is 16.0. The summed E-state index contributed by atoms with van der Waals surface area (Å²) in [7, 11) is 0. The van der Waals surface area contributed by atoms with Crippen molar-refractivity contribution in [2.24, 2.45) is 0 Å². The van der Waals surface area contributed by atoms with E-state index in [0.29, 0.717) is 15.6 Å².